The Hall–Kier alpha value is -1.26. The van der Waals surface area contributed by atoms with E-state index in [1.165, 1.54) is 0 Å². The van der Waals surface area contributed by atoms with Crippen molar-refractivity contribution in [2.24, 2.45) is 5.73 Å². The van der Waals surface area contributed by atoms with Crippen molar-refractivity contribution in [2.45, 2.75) is 39.3 Å². The summed E-state index contributed by atoms with van der Waals surface area (Å²) in [4.78, 5) is 2.41. The van der Waals surface area contributed by atoms with Crippen molar-refractivity contribution in [2.75, 3.05) is 27.3 Å². The number of likely N-dealkylation sites (N-methyl/N-ethyl adjacent to an activating group) is 1. The van der Waals surface area contributed by atoms with Crippen LogP contribution in [0.1, 0.15) is 38.8 Å². The van der Waals surface area contributed by atoms with E-state index in [1.807, 2.05) is 12.1 Å². The first-order chi connectivity index (χ1) is 9.64. The zero-order valence-electron chi connectivity index (χ0n) is 13.3. The molecular weight excluding hydrogens is 252 g/mol. The Bertz CT molecular complexity index is 409. The van der Waals surface area contributed by atoms with Gasteiger partial charge in [-0.1, -0.05) is 26.0 Å². The van der Waals surface area contributed by atoms with Crippen LogP contribution in [0.3, 0.4) is 0 Å². The third-order valence-corrected chi connectivity index (χ3v) is 3.94. The van der Waals surface area contributed by atoms with Crippen molar-refractivity contribution in [1.29, 1.82) is 0 Å². The summed E-state index contributed by atoms with van der Waals surface area (Å²) < 4.78 is 10.9. The number of nitrogens with two attached hydrogens (primary N) is 1. The summed E-state index contributed by atoms with van der Waals surface area (Å²) in [6.45, 7) is 8.11. The molecule has 0 saturated carbocycles. The van der Waals surface area contributed by atoms with Gasteiger partial charge in [0, 0.05) is 18.2 Å². The van der Waals surface area contributed by atoms with Crippen molar-refractivity contribution in [3.63, 3.8) is 0 Å². The molecule has 0 aliphatic rings. The monoisotopic (exact) mass is 280 g/mol. The van der Waals surface area contributed by atoms with E-state index in [4.69, 9.17) is 15.2 Å². The average molecular weight is 280 g/mol. The number of hydrogen-bond donors (Lipinski definition) is 1. The highest BCUT2D eigenvalue weighted by molar-refractivity contribution is 5.48. The van der Waals surface area contributed by atoms with Gasteiger partial charge in [0.15, 0.2) is 11.5 Å². The maximum absolute atomic E-state index is 6.05. The van der Waals surface area contributed by atoms with Crippen molar-refractivity contribution in [3.05, 3.63) is 23.8 Å². The molecule has 1 aromatic carbocycles. The third-order valence-electron chi connectivity index (χ3n) is 3.94. The molecule has 20 heavy (non-hydrogen) atoms. The van der Waals surface area contributed by atoms with Crippen LogP contribution in [0, 0.1) is 0 Å². The summed E-state index contributed by atoms with van der Waals surface area (Å²) in [6, 6.07) is 6.59. The number of rotatable bonds is 8. The highest BCUT2D eigenvalue weighted by Gasteiger charge is 2.25. The van der Waals surface area contributed by atoms with Crippen LogP contribution in [0.15, 0.2) is 18.2 Å². The molecule has 114 valence electrons. The first-order valence-electron chi connectivity index (χ1n) is 7.31. The van der Waals surface area contributed by atoms with Gasteiger partial charge < -0.3 is 15.2 Å². The summed E-state index contributed by atoms with van der Waals surface area (Å²) in [5, 5.41) is 0. The Balaban J connectivity index is 3.23. The Labute approximate surface area is 122 Å². The Morgan fingerprint density at radius 2 is 1.90 bits per heavy atom. The molecule has 0 bridgehead atoms. The van der Waals surface area contributed by atoms with Gasteiger partial charge >= 0.3 is 0 Å². The lowest BCUT2D eigenvalue weighted by molar-refractivity contribution is 0.149. The zero-order valence-corrected chi connectivity index (χ0v) is 13.3. The molecule has 0 spiro atoms. The maximum Gasteiger partial charge on any atom is 0.165 e. The van der Waals surface area contributed by atoms with E-state index >= 15 is 0 Å². The van der Waals surface area contributed by atoms with Crippen molar-refractivity contribution >= 4 is 0 Å². The largest absolute Gasteiger partial charge is 0.493 e. The minimum absolute atomic E-state index is 0.139. The van der Waals surface area contributed by atoms with E-state index in [-0.39, 0.29) is 6.04 Å². The first-order valence-corrected chi connectivity index (χ1v) is 7.31. The van der Waals surface area contributed by atoms with Crippen LogP contribution in [0.25, 0.3) is 0 Å². The molecule has 2 N–H and O–H groups in total. The van der Waals surface area contributed by atoms with Crippen molar-refractivity contribution in [3.8, 4) is 11.5 Å². The molecule has 4 nitrogen and oxygen atoms in total. The highest BCUT2D eigenvalue weighted by atomic mass is 16.5. The summed E-state index contributed by atoms with van der Waals surface area (Å²) in [5.41, 5.74) is 7.14. The Morgan fingerprint density at radius 3 is 2.35 bits per heavy atom. The summed E-state index contributed by atoms with van der Waals surface area (Å²) >= 11 is 0. The second kappa shape index (κ2) is 8.12. The fourth-order valence-electron chi connectivity index (χ4n) is 2.69. The SMILES string of the molecule is CCC(C)N(CC)C(CN)c1cccc(OC)c1OC. The normalized spacial score (nSPS) is 14.2. The van der Waals surface area contributed by atoms with Gasteiger partial charge in [-0.05, 0) is 26.0 Å². The molecule has 0 amide bonds. The van der Waals surface area contributed by atoms with Crippen LogP contribution in [0.5, 0.6) is 11.5 Å². The number of para-hydroxylation sites is 1. The number of methoxy groups -OCH3 is 2. The van der Waals surface area contributed by atoms with Gasteiger partial charge in [-0.2, -0.15) is 0 Å². The number of hydrogen-bond acceptors (Lipinski definition) is 4. The van der Waals surface area contributed by atoms with Gasteiger partial charge in [0.2, 0.25) is 0 Å². The standard InChI is InChI=1S/C16H28N2O2/c1-6-12(3)18(7-2)14(11-17)13-9-8-10-15(19-4)16(13)20-5/h8-10,12,14H,6-7,11,17H2,1-5H3. The summed E-state index contributed by atoms with van der Waals surface area (Å²) in [5.74, 6) is 1.54. The van der Waals surface area contributed by atoms with Gasteiger partial charge in [-0.3, -0.25) is 4.90 Å². The predicted molar refractivity (Wildman–Crippen MR) is 83.5 cm³/mol. The van der Waals surface area contributed by atoms with Crippen molar-refractivity contribution in [1.82, 2.24) is 4.90 Å². The van der Waals surface area contributed by atoms with E-state index in [9.17, 15) is 0 Å². The molecule has 1 rings (SSSR count). The summed E-state index contributed by atoms with van der Waals surface area (Å²) in [7, 11) is 3.33. The van der Waals surface area contributed by atoms with E-state index in [1.54, 1.807) is 14.2 Å². The van der Waals surface area contributed by atoms with Crippen LogP contribution < -0.4 is 15.2 Å². The number of ether oxygens (including phenoxy) is 2. The molecule has 0 radical (unpaired) electrons. The van der Waals surface area contributed by atoms with Gasteiger partial charge in [0.05, 0.1) is 20.3 Å². The average Bonchev–Trinajstić information content (AvgIpc) is 2.50. The molecule has 4 heteroatoms. The molecule has 0 aliphatic carbocycles. The van der Waals surface area contributed by atoms with Crippen LogP contribution in [0.4, 0.5) is 0 Å². The van der Waals surface area contributed by atoms with Gasteiger partial charge in [0.25, 0.3) is 0 Å². The smallest absolute Gasteiger partial charge is 0.165 e. The van der Waals surface area contributed by atoms with E-state index in [0.29, 0.717) is 12.6 Å². The number of nitrogens with zero attached hydrogens (tertiary/aromatic N) is 1. The van der Waals surface area contributed by atoms with E-state index in [2.05, 4.69) is 31.7 Å². The Morgan fingerprint density at radius 1 is 1.20 bits per heavy atom. The van der Waals surface area contributed by atoms with Gasteiger partial charge in [-0.25, -0.2) is 0 Å². The van der Waals surface area contributed by atoms with E-state index in [0.717, 1.165) is 30.0 Å². The topological polar surface area (TPSA) is 47.7 Å². The first kappa shape index (κ1) is 16.8. The lowest BCUT2D eigenvalue weighted by Gasteiger charge is -2.35. The molecule has 0 aromatic heterocycles. The fraction of sp³-hybridized carbons (Fsp3) is 0.625. The highest BCUT2D eigenvalue weighted by Crippen LogP contribution is 2.37. The summed E-state index contributed by atoms with van der Waals surface area (Å²) in [6.07, 6.45) is 1.09. The minimum atomic E-state index is 0.139. The molecule has 2 unspecified atom stereocenters. The van der Waals surface area contributed by atoms with E-state index < -0.39 is 0 Å². The van der Waals surface area contributed by atoms with Gasteiger partial charge in [-0.15, -0.1) is 0 Å². The maximum atomic E-state index is 6.05. The molecule has 0 heterocycles. The Kier molecular flexibility index (Phi) is 6.82. The zero-order chi connectivity index (χ0) is 15.1. The molecule has 1 aromatic rings. The van der Waals surface area contributed by atoms with Crippen LogP contribution in [-0.4, -0.2) is 38.3 Å². The number of benzene rings is 1. The third kappa shape index (κ3) is 3.44. The quantitative estimate of drug-likeness (QED) is 0.795. The molecular formula is C16H28N2O2. The fourth-order valence-corrected chi connectivity index (χ4v) is 2.69. The predicted octanol–water partition coefficient (Wildman–Crippen LogP) is 2.82. The van der Waals surface area contributed by atoms with Crippen molar-refractivity contribution < 1.29 is 9.47 Å². The molecule has 0 saturated heterocycles. The second-order valence-electron chi connectivity index (χ2n) is 4.92. The van der Waals surface area contributed by atoms with Crippen LogP contribution in [0.2, 0.25) is 0 Å². The lowest BCUT2D eigenvalue weighted by atomic mass is 10.0. The molecule has 2 atom stereocenters. The molecule has 0 fully saturated rings. The van der Waals surface area contributed by atoms with Crippen LogP contribution in [-0.2, 0) is 0 Å². The lowest BCUT2D eigenvalue weighted by Crippen LogP contribution is -2.39. The van der Waals surface area contributed by atoms with Gasteiger partial charge in [0.1, 0.15) is 0 Å². The molecule has 0 aliphatic heterocycles. The van der Waals surface area contributed by atoms with Crippen LogP contribution >= 0.6 is 0 Å². The minimum Gasteiger partial charge on any atom is -0.493 e. The second-order valence-corrected chi connectivity index (χ2v) is 4.92.